The summed E-state index contributed by atoms with van der Waals surface area (Å²) in [6.07, 6.45) is 1.23. The maximum absolute atomic E-state index is 12.7. The molecule has 4 heteroatoms. The Morgan fingerprint density at radius 1 is 1.50 bits per heavy atom. The maximum Gasteiger partial charge on any atom is 0.307 e. The Morgan fingerprint density at radius 3 is 3.00 bits per heavy atom. The number of hydrogen-bond acceptors (Lipinski definition) is 2. The summed E-state index contributed by atoms with van der Waals surface area (Å²) in [5.74, 6) is -1.33. The molecule has 0 fully saturated rings. The lowest BCUT2D eigenvalue weighted by Gasteiger charge is -1.92. The number of benzene rings is 1. The molecule has 2 rings (SSSR count). The molecule has 0 unspecified atom stereocenters. The van der Waals surface area contributed by atoms with Crippen LogP contribution in [0, 0.1) is 5.82 Å². The Labute approximate surface area is 78.8 Å². The van der Waals surface area contributed by atoms with Gasteiger partial charge in [0.15, 0.2) is 0 Å². The van der Waals surface area contributed by atoms with Gasteiger partial charge < -0.3 is 9.52 Å². The van der Waals surface area contributed by atoms with E-state index in [1.165, 1.54) is 24.5 Å². The van der Waals surface area contributed by atoms with Crippen molar-refractivity contribution < 1.29 is 18.7 Å². The quantitative estimate of drug-likeness (QED) is 0.797. The normalized spacial score (nSPS) is 10.6. The highest BCUT2D eigenvalue weighted by atomic mass is 19.1. The molecule has 1 heterocycles. The lowest BCUT2D eigenvalue weighted by atomic mass is 10.1. The molecule has 0 aliphatic rings. The van der Waals surface area contributed by atoms with Gasteiger partial charge in [0.2, 0.25) is 0 Å². The largest absolute Gasteiger partial charge is 0.481 e. The predicted molar refractivity (Wildman–Crippen MR) is 47.5 cm³/mol. The van der Waals surface area contributed by atoms with Gasteiger partial charge in [-0.1, -0.05) is 0 Å². The number of fused-ring (bicyclic) bond motifs is 1. The summed E-state index contributed by atoms with van der Waals surface area (Å²) in [5, 5.41) is 9.23. The van der Waals surface area contributed by atoms with Crippen molar-refractivity contribution in [2.75, 3.05) is 0 Å². The lowest BCUT2D eigenvalue weighted by molar-refractivity contribution is -0.136. The summed E-state index contributed by atoms with van der Waals surface area (Å²) >= 11 is 0. The topological polar surface area (TPSA) is 50.4 Å². The first-order chi connectivity index (χ1) is 6.66. The zero-order valence-electron chi connectivity index (χ0n) is 7.16. The predicted octanol–water partition coefficient (Wildman–Crippen LogP) is 2.20. The van der Waals surface area contributed by atoms with Gasteiger partial charge in [0.1, 0.15) is 11.4 Å². The number of carboxylic acids is 1. The highest BCUT2D eigenvalue weighted by Gasteiger charge is 2.09. The van der Waals surface area contributed by atoms with E-state index in [2.05, 4.69) is 0 Å². The van der Waals surface area contributed by atoms with Crippen molar-refractivity contribution in [1.82, 2.24) is 0 Å². The van der Waals surface area contributed by atoms with E-state index in [4.69, 9.17) is 9.52 Å². The summed E-state index contributed by atoms with van der Waals surface area (Å²) < 4.78 is 17.8. The molecule has 0 aliphatic heterocycles. The fraction of sp³-hybridized carbons (Fsp3) is 0.100. The molecule has 1 N–H and O–H groups in total. The molecule has 2 aromatic rings. The molecule has 0 bridgehead atoms. The lowest BCUT2D eigenvalue weighted by Crippen LogP contribution is -1.98. The number of carboxylic acid groups (broad SMARTS) is 1. The number of carbonyl (C=O) groups is 1. The fourth-order valence-corrected chi connectivity index (χ4v) is 1.36. The first-order valence-corrected chi connectivity index (χ1v) is 4.04. The van der Waals surface area contributed by atoms with Gasteiger partial charge in [-0.25, -0.2) is 4.39 Å². The van der Waals surface area contributed by atoms with Crippen LogP contribution in [0.25, 0.3) is 11.0 Å². The third-order valence-electron chi connectivity index (χ3n) is 1.96. The Bertz CT molecular complexity index is 487. The van der Waals surface area contributed by atoms with Gasteiger partial charge in [-0.3, -0.25) is 4.79 Å². The zero-order chi connectivity index (χ0) is 10.1. The van der Waals surface area contributed by atoms with Gasteiger partial charge >= 0.3 is 5.97 Å². The van der Waals surface area contributed by atoms with Crippen molar-refractivity contribution in [3.05, 3.63) is 35.8 Å². The van der Waals surface area contributed by atoms with Crippen LogP contribution < -0.4 is 0 Å². The van der Waals surface area contributed by atoms with Crippen molar-refractivity contribution in [3.63, 3.8) is 0 Å². The van der Waals surface area contributed by atoms with Crippen LogP contribution >= 0.6 is 0 Å². The molecule has 0 aliphatic carbocycles. The second-order valence-electron chi connectivity index (χ2n) is 2.97. The first kappa shape index (κ1) is 8.74. The van der Waals surface area contributed by atoms with E-state index in [0.29, 0.717) is 16.5 Å². The van der Waals surface area contributed by atoms with Crippen molar-refractivity contribution in [2.45, 2.75) is 6.42 Å². The monoisotopic (exact) mass is 194 g/mol. The van der Waals surface area contributed by atoms with Crippen LogP contribution in [0.15, 0.2) is 28.9 Å². The molecule has 0 saturated carbocycles. The minimum Gasteiger partial charge on any atom is -0.481 e. The molecule has 1 aromatic carbocycles. The maximum atomic E-state index is 12.7. The standard InChI is InChI=1S/C10H7FO3/c11-7-1-2-8-6(3-10(12)13)5-14-9(8)4-7/h1-2,4-5H,3H2,(H,12,13). The van der Waals surface area contributed by atoms with E-state index in [0.717, 1.165) is 0 Å². The number of halogens is 1. The van der Waals surface area contributed by atoms with Crippen molar-refractivity contribution in [3.8, 4) is 0 Å². The number of aliphatic carboxylic acids is 1. The van der Waals surface area contributed by atoms with Crippen LogP contribution in [0.3, 0.4) is 0 Å². The van der Waals surface area contributed by atoms with Gasteiger partial charge in [0.25, 0.3) is 0 Å². The van der Waals surface area contributed by atoms with Gasteiger partial charge in [-0.2, -0.15) is 0 Å². The number of rotatable bonds is 2. The second kappa shape index (κ2) is 3.14. The van der Waals surface area contributed by atoms with E-state index in [-0.39, 0.29) is 6.42 Å². The third-order valence-corrected chi connectivity index (χ3v) is 1.96. The average molecular weight is 194 g/mol. The fourth-order valence-electron chi connectivity index (χ4n) is 1.36. The number of hydrogen-bond donors (Lipinski definition) is 1. The minimum atomic E-state index is -0.933. The molecule has 3 nitrogen and oxygen atoms in total. The highest BCUT2D eigenvalue weighted by Crippen LogP contribution is 2.22. The van der Waals surface area contributed by atoms with Crippen LogP contribution in [-0.2, 0) is 11.2 Å². The minimum absolute atomic E-state index is 0.112. The molecule has 14 heavy (non-hydrogen) atoms. The Kier molecular flexibility index (Phi) is 1.96. The summed E-state index contributed by atoms with van der Waals surface area (Å²) in [5.41, 5.74) is 0.939. The smallest absolute Gasteiger partial charge is 0.307 e. The Balaban J connectivity index is 2.52. The van der Waals surface area contributed by atoms with Crippen molar-refractivity contribution >= 4 is 16.9 Å². The summed E-state index contributed by atoms with van der Waals surface area (Å²) in [6, 6.07) is 4.04. The molecule has 0 radical (unpaired) electrons. The number of furan rings is 1. The molecule has 0 saturated heterocycles. The molecule has 0 spiro atoms. The highest BCUT2D eigenvalue weighted by molar-refractivity contribution is 5.85. The summed E-state index contributed by atoms with van der Waals surface area (Å²) in [7, 11) is 0. The Hall–Kier alpha value is -1.84. The SMILES string of the molecule is O=C(O)Cc1coc2cc(F)ccc12. The third kappa shape index (κ3) is 1.46. The van der Waals surface area contributed by atoms with Gasteiger partial charge in [0.05, 0.1) is 12.7 Å². The van der Waals surface area contributed by atoms with Gasteiger partial charge in [-0.05, 0) is 12.1 Å². The van der Waals surface area contributed by atoms with E-state index in [1.54, 1.807) is 0 Å². The van der Waals surface area contributed by atoms with Crippen LogP contribution in [-0.4, -0.2) is 11.1 Å². The van der Waals surface area contributed by atoms with Crippen molar-refractivity contribution in [2.24, 2.45) is 0 Å². The van der Waals surface area contributed by atoms with Crippen molar-refractivity contribution in [1.29, 1.82) is 0 Å². The molecule has 0 atom stereocenters. The molecular formula is C10H7FO3. The van der Waals surface area contributed by atoms with Gasteiger partial charge in [-0.15, -0.1) is 0 Å². The van der Waals surface area contributed by atoms with E-state index in [9.17, 15) is 9.18 Å². The average Bonchev–Trinajstić information content (AvgIpc) is 2.47. The van der Waals surface area contributed by atoms with Crippen LogP contribution in [0.4, 0.5) is 4.39 Å². The first-order valence-electron chi connectivity index (χ1n) is 4.04. The zero-order valence-corrected chi connectivity index (χ0v) is 7.16. The summed E-state index contributed by atoms with van der Waals surface area (Å²) in [4.78, 5) is 10.5. The molecule has 0 amide bonds. The molecular weight excluding hydrogens is 187 g/mol. The molecule has 72 valence electrons. The van der Waals surface area contributed by atoms with Gasteiger partial charge in [0, 0.05) is 17.0 Å². The van der Waals surface area contributed by atoms with Crippen LogP contribution in [0.1, 0.15) is 5.56 Å². The Morgan fingerprint density at radius 2 is 2.29 bits per heavy atom. The summed E-state index contributed by atoms with van der Waals surface area (Å²) in [6.45, 7) is 0. The van der Waals surface area contributed by atoms with E-state index in [1.807, 2.05) is 0 Å². The molecule has 1 aromatic heterocycles. The van der Waals surface area contributed by atoms with Crippen LogP contribution in [0.2, 0.25) is 0 Å². The van der Waals surface area contributed by atoms with E-state index >= 15 is 0 Å². The second-order valence-corrected chi connectivity index (χ2v) is 2.97. The van der Waals surface area contributed by atoms with Crippen LogP contribution in [0.5, 0.6) is 0 Å². The van der Waals surface area contributed by atoms with E-state index < -0.39 is 11.8 Å².